The number of carbonyl (C=O) groups is 1. The molecule has 3 heteroatoms. The van der Waals surface area contributed by atoms with Gasteiger partial charge in [-0.3, -0.25) is 4.79 Å². The Kier molecular flexibility index (Phi) is 3.29. The molecule has 0 aliphatic heterocycles. The van der Waals surface area contributed by atoms with Gasteiger partial charge in [0.2, 0.25) is 5.78 Å². The Labute approximate surface area is 106 Å². The summed E-state index contributed by atoms with van der Waals surface area (Å²) in [6.07, 6.45) is 0. The average molecular weight is 245 g/mol. The van der Waals surface area contributed by atoms with Gasteiger partial charge in [-0.15, -0.1) is 11.3 Å². The molecule has 0 amide bonds. The Hall–Kier alpha value is -1.61. The van der Waals surface area contributed by atoms with E-state index in [9.17, 15) is 4.79 Å². The van der Waals surface area contributed by atoms with Crippen molar-refractivity contribution in [1.82, 2.24) is 0 Å². The van der Waals surface area contributed by atoms with Crippen LogP contribution in [-0.4, -0.2) is 19.9 Å². The molecule has 0 N–H and O–H groups in total. The van der Waals surface area contributed by atoms with Gasteiger partial charge in [-0.05, 0) is 43.3 Å². The molecule has 0 aliphatic rings. The molecule has 2 nitrogen and oxygen atoms in total. The third-order valence-corrected chi connectivity index (χ3v) is 3.61. The summed E-state index contributed by atoms with van der Waals surface area (Å²) >= 11 is 1.54. The maximum absolute atomic E-state index is 12.1. The van der Waals surface area contributed by atoms with E-state index in [0.29, 0.717) is 0 Å². The second kappa shape index (κ2) is 4.72. The monoisotopic (exact) mass is 245 g/mol. The van der Waals surface area contributed by atoms with Crippen LogP contribution >= 0.6 is 11.3 Å². The van der Waals surface area contributed by atoms with Crippen LogP contribution in [0.25, 0.3) is 0 Å². The lowest BCUT2D eigenvalue weighted by Crippen LogP contribution is -2.08. The van der Waals surface area contributed by atoms with Crippen molar-refractivity contribution < 1.29 is 4.79 Å². The number of thiophene rings is 1. The van der Waals surface area contributed by atoms with E-state index in [1.54, 1.807) is 11.3 Å². The average Bonchev–Trinajstić information content (AvgIpc) is 2.75. The van der Waals surface area contributed by atoms with Crippen LogP contribution in [0.2, 0.25) is 0 Å². The molecule has 88 valence electrons. The molecule has 0 saturated heterocycles. The molecule has 0 radical (unpaired) electrons. The van der Waals surface area contributed by atoms with E-state index in [1.807, 2.05) is 62.3 Å². The zero-order chi connectivity index (χ0) is 12.4. The van der Waals surface area contributed by atoms with Crippen LogP contribution in [-0.2, 0) is 0 Å². The summed E-state index contributed by atoms with van der Waals surface area (Å²) in [5.74, 6) is 0.105. The molecule has 2 aromatic rings. The number of hydrogen-bond donors (Lipinski definition) is 0. The minimum absolute atomic E-state index is 0.105. The van der Waals surface area contributed by atoms with E-state index in [4.69, 9.17) is 0 Å². The smallest absolute Gasteiger partial charge is 0.202 e. The van der Waals surface area contributed by atoms with Crippen molar-refractivity contribution in [3.05, 3.63) is 51.7 Å². The van der Waals surface area contributed by atoms with Gasteiger partial charge in [0.25, 0.3) is 0 Å². The molecule has 0 bridgehead atoms. The normalized spacial score (nSPS) is 10.3. The molecule has 1 heterocycles. The van der Waals surface area contributed by atoms with Gasteiger partial charge in [-0.2, -0.15) is 0 Å². The summed E-state index contributed by atoms with van der Waals surface area (Å²) in [7, 11) is 3.97. The molecule has 0 aliphatic carbocycles. The van der Waals surface area contributed by atoms with E-state index in [1.165, 1.54) is 4.88 Å². The highest BCUT2D eigenvalue weighted by Gasteiger charge is 2.10. The molecule has 1 aromatic heterocycles. The summed E-state index contributed by atoms with van der Waals surface area (Å²) in [6.45, 7) is 2.01. The summed E-state index contributed by atoms with van der Waals surface area (Å²) in [6, 6.07) is 11.6. The minimum atomic E-state index is 0.105. The second-order valence-electron chi connectivity index (χ2n) is 4.18. The molecule has 0 unspecified atom stereocenters. The Morgan fingerprint density at radius 1 is 1.06 bits per heavy atom. The van der Waals surface area contributed by atoms with E-state index in [0.717, 1.165) is 16.1 Å². The fourth-order valence-electron chi connectivity index (χ4n) is 1.61. The summed E-state index contributed by atoms with van der Waals surface area (Å²) in [4.78, 5) is 16.1. The van der Waals surface area contributed by atoms with Crippen molar-refractivity contribution in [2.75, 3.05) is 19.0 Å². The largest absolute Gasteiger partial charge is 0.378 e. The summed E-state index contributed by atoms with van der Waals surface area (Å²) in [5.41, 5.74) is 1.85. The van der Waals surface area contributed by atoms with Crippen molar-refractivity contribution in [1.29, 1.82) is 0 Å². The Bertz CT molecular complexity index is 525. The second-order valence-corrected chi connectivity index (χ2v) is 5.47. The Balaban J connectivity index is 2.26. The van der Waals surface area contributed by atoms with Crippen molar-refractivity contribution >= 4 is 22.8 Å². The number of hydrogen-bond acceptors (Lipinski definition) is 3. The van der Waals surface area contributed by atoms with Gasteiger partial charge >= 0.3 is 0 Å². The van der Waals surface area contributed by atoms with E-state index in [-0.39, 0.29) is 5.78 Å². The van der Waals surface area contributed by atoms with Gasteiger partial charge in [0.15, 0.2) is 0 Å². The highest BCUT2D eigenvalue weighted by atomic mass is 32.1. The lowest BCUT2D eigenvalue weighted by molar-refractivity contribution is 0.104. The van der Waals surface area contributed by atoms with Crippen molar-refractivity contribution in [3.8, 4) is 0 Å². The highest BCUT2D eigenvalue weighted by Crippen LogP contribution is 2.20. The van der Waals surface area contributed by atoms with Crippen molar-refractivity contribution in [3.63, 3.8) is 0 Å². The van der Waals surface area contributed by atoms with Crippen LogP contribution in [0.5, 0.6) is 0 Å². The summed E-state index contributed by atoms with van der Waals surface area (Å²) < 4.78 is 0. The molecule has 0 saturated carbocycles. The first-order chi connectivity index (χ1) is 8.08. The zero-order valence-corrected chi connectivity index (χ0v) is 11.0. The molecular weight excluding hydrogens is 230 g/mol. The molecule has 1 aromatic carbocycles. The van der Waals surface area contributed by atoms with Crippen LogP contribution in [0, 0.1) is 6.92 Å². The maximum Gasteiger partial charge on any atom is 0.202 e. The minimum Gasteiger partial charge on any atom is -0.378 e. The van der Waals surface area contributed by atoms with Gasteiger partial charge < -0.3 is 4.90 Å². The molecule has 0 spiro atoms. The molecule has 0 fully saturated rings. The number of rotatable bonds is 3. The first kappa shape index (κ1) is 11.9. The number of ketones is 1. The van der Waals surface area contributed by atoms with Crippen LogP contribution in [0.3, 0.4) is 0 Å². The van der Waals surface area contributed by atoms with Crippen molar-refractivity contribution in [2.24, 2.45) is 0 Å². The maximum atomic E-state index is 12.1. The van der Waals surface area contributed by atoms with Gasteiger partial charge in [0.1, 0.15) is 0 Å². The lowest BCUT2D eigenvalue weighted by atomic mass is 10.1. The quantitative estimate of drug-likeness (QED) is 0.773. The topological polar surface area (TPSA) is 20.3 Å². The number of benzene rings is 1. The Morgan fingerprint density at radius 3 is 2.18 bits per heavy atom. The van der Waals surface area contributed by atoms with Gasteiger partial charge in [-0.25, -0.2) is 0 Å². The van der Waals surface area contributed by atoms with Crippen LogP contribution in [0.4, 0.5) is 5.69 Å². The fourth-order valence-corrected chi connectivity index (χ4v) is 2.44. The first-order valence-electron chi connectivity index (χ1n) is 5.46. The van der Waals surface area contributed by atoms with E-state index >= 15 is 0 Å². The van der Waals surface area contributed by atoms with Gasteiger partial charge in [0.05, 0.1) is 4.88 Å². The van der Waals surface area contributed by atoms with Gasteiger partial charge in [-0.1, -0.05) is 0 Å². The fraction of sp³-hybridized carbons (Fsp3) is 0.214. The van der Waals surface area contributed by atoms with Crippen LogP contribution in [0.15, 0.2) is 36.4 Å². The Morgan fingerprint density at radius 2 is 1.71 bits per heavy atom. The molecule has 17 heavy (non-hydrogen) atoms. The first-order valence-corrected chi connectivity index (χ1v) is 6.28. The lowest BCUT2D eigenvalue weighted by Gasteiger charge is -2.12. The third kappa shape index (κ3) is 2.56. The van der Waals surface area contributed by atoms with E-state index < -0.39 is 0 Å². The number of nitrogens with zero attached hydrogens (tertiary/aromatic N) is 1. The van der Waals surface area contributed by atoms with Crippen molar-refractivity contribution in [2.45, 2.75) is 6.92 Å². The number of aryl methyl sites for hydroxylation is 1. The standard InChI is InChI=1S/C14H15NOS/c1-10-4-9-13(17-10)14(16)11-5-7-12(8-6-11)15(2)3/h4-9H,1-3H3. The third-order valence-electron chi connectivity index (χ3n) is 2.61. The van der Waals surface area contributed by atoms with Crippen LogP contribution < -0.4 is 4.90 Å². The summed E-state index contributed by atoms with van der Waals surface area (Å²) in [5, 5.41) is 0. The predicted octanol–water partition coefficient (Wildman–Crippen LogP) is 3.35. The predicted molar refractivity (Wildman–Crippen MR) is 73.3 cm³/mol. The van der Waals surface area contributed by atoms with Crippen LogP contribution in [0.1, 0.15) is 20.1 Å². The molecular formula is C14H15NOS. The highest BCUT2D eigenvalue weighted by molar-refractivity contribution is 7.14. The number of carbonyl (C=O) groups excluding carboxylic acids is 1. The molecule has 0 atom stereocenters. The zero-order valence-electron chi connectivity index (χ0n) is 10.2. The SMILES string of the molecule is Cc1ccc(C(=O)c2ccc(N(C)C)cc2)s1. The van der Waals surface area contributed by atoms with Gasteiger partial charge in [0, 0.05) is 30.2 Å². The van der Waals surface area contributed by atoms with E-state index in [2.05, 4.69) is 0 Å². The molecule has 2 rings (SSSR count). The number of anilines is 1.